The molecular weight excluding hydrogens is 173 g/mol. The summed E-state index contributed by atoms with van der Waals surface area (Å²) < 4.78 is 26.0. The number of rotatable bonds is 1. The van der Waals surface area contributed by atoms with Gasteiger partial charge in [-0.1, -0.05) is 11.5 Å². The van der Waals surface area contributed by atoms with E-state index < -0.39 is 6.43 Å². The molecule has 0 aromatic carbocycles. The molecule has 2 aromatic heterocycles. The molecule has 5 heteroatoms. The first-order chi connectivity index (χ1) is 6.18. The van der Waals surface area contributed by atoms with E-state index in [0.717, 1.165) is 0 Å². The average molecular weight is 178 g/mol. The maximum Gasteiger partial charge on any atom is 0.295 e. The Morgan fingerprint density at radius 3 is 2.92 bits per heavy atom. The summed E-state index contributed by atoms with van der Waals surface area (Å²) in [6.45, 7) is 0. The second-order valence-electron chi connectivity index (χ2n) is 2.67. The Kier molecular flexibility index (Phi) is 1.79. The fraction of sp³-hybridized carbons (Fsp3) is 0.125. The van der Waals surface area contributed by atoms with E-state index in [1.165, 1.54) is 16.8 Å². The standard InChI is InChI=1S/C8H5BF2N2/c9-5-1-2-13-6(3-5)4-12-8(13)7(10)11/h1-4,7H. The van der Waals surface area contributed by atoms with Gasteiger partial charge in [-0.3, -0.25) is 4.40 Å². The van der Waals surface area contributed by atoms with Crippen LogP contribution in [0.15, 0.2) is 24.5 Å². The zero-order valence-corrected chi connectivity index (χ0v) is 6.61. The number of aromatic nitrogens is 2. The van der Waals surface area contributed by atoms with Crippen molar-refractivity contribution in [3.63, 3.8) is 0 Å². The van der Waals surface area contributed by atoms with E-state index in [2.05, 4.69) is 4.98 Å². The molecule has 0 aliphatic carbocycles. The van der Waals surface area contributed by atoms with Crippen LogP contribution in [0.3, 0.4) is 0 Å². The Hall–Kier alpha value is -1.39. The lowest BCUT2D eigenvalue weighted by molar-refractivity contribution is 0.139. The molecule has 0 N–H and O–H groups in total. The molecule has 2 nitrogen and oxygen atoms in total. The molecule has 2 rings (SSSR count). The normalized spacial score (nSPS) is 11.3. The lowest BCUT2D eigenvalue weighted by Gasteiger charge is -1.99. The van der Waals surface area contributed by atoms with Crippen LogP contribution in [0.4, 0.5) is 8.78 Å². The molecule has 64 valence electrons. The van der Waals surface area contributed by atoms with Gasteiger partial charge in [0.1, 0.15) is 7.85 Å². The van der Waals surface area contributed by atoms with Crippen molar-refractivity contribution in [1.82, 2.24) is 9.38 Å². The third-order valence-corrected chi connectivity index (χ3v) is 1.78. The smallest absolute Gasteiger partial charge is 0.295 e. The molecular formula is C8H5BF2N2. The van der Waals surface area contributed by atoms with Crippen LogP contribution in [0.1, 0.15) is 12.2 Å². The van der Waals surface area contributed by atoms with Gasteiger partial charge in [-0.25, -0.2) is 13.8 Å². The summed E-state index contributed by atoms with van der Waals surface area (Å²) in [5.74, 6) is -0.255. The first-order valence-electron chi connectivity index (χ1n) is 3.69. The molecule has 2 heterocycles. The Labute approximate surface area is 74.6 Å². The van der Waals surface area contributed by atoms with Gasteiger partial charge < -0.3 is 0 Å². The Balaban J connectivity index is 2.69. The van der Waals surface area contributed by atoms with Gasteiger partial charge in [0.2, 0.25) is 0 Å². The average Bonchev–Trinajstić information content (AvgIpc) is 2.46. The van der Waals surface area contributed by atoms with Crippen molar-refractivity contribution in [2.75, 3.05) is 0 Å². The first-order valence-corrected chi connectivity index (χ1v) is 3.69. The van der Waals surface area contributed by atoms with Crippen molar-refractivity contribution in [2.45, 2.75) is 6.43 Å². The molecule has 0 saturated heterocycles. The molecule has 2 aromatic rings. The summed E-state index contributed by atoms with van der Waals surface area (Å²) in [5, 5.41) is 0. The number of nitrogens with zero attached hydrogens (tertiary/aromatic N) is 2. The Bertz CT molecular complexity index is 439. The lowest BCUT2D eigenvalue weighted by atomic mass is 9.98. The van der Waals surface area contributed by atoms with E-state index in [0.29, 0.717) is 11.0 Å². The highest BCUT2D eigenvalue weighted by atomic mass is 19.3. The summed E-state index contributed by atoms with van der Waals surface area (Å²) >= 11 is 0. The van der Waals surface area contributed by atoms with Gasteiger partial charge in [0.05, 0.1) is 11.7 Å². The van der Waals surface area contributed by atoms with Crippen LogP contribution in [0, 0.1) is 0 Å². The van der Waals surface area contributed by atoms with Gasteiger partial charge in [0.25, 0.3) is 6.43 Å². The minimum absolute atomic E-state index is 0.255. The van der Waals surface area contributed by atoms with Gasteiger partial charge in [0.15, 0.2) is 5.82 Å². The fourth-order valence-electron chi connectivity index (χ4n) is 1.20. The molecule has 0 unspecified atom stereocenters. The van der Waals surface area contributed by atoms with Crippen LogP contribution in [0.25, 0.3) is 5.52 Å². The summed E-state index contributed by atoms with van der Waals surface area (Å²) in [6, 6.07) is 3.15. The maximum atomic E-state index is 12.3. The van der Waals surface area contributed by atoms with Crippen LogP contribution in [0.2, 0.25) is 0 Å². The van der Waals surface area contributed by atoms with Crippen molar-refractivity contribution in [3.05, 3.63) is 30.4 Å². The maximum absolute atomic E-state index is 12.3. The SMILES string of the molecule is [B]c1ccn2c(C(F)F)ncc2c1. The predicted octanol–water partition coefficient (Wildman–Crippen LogP) is 1.07. The van der Waals surface area contributed by atoms with Gasteiger partial charge in [-0.2, -0.15) is 0 Å². The molecule has 0 bridgehead atoms. The topological polar surface area (TPSA) is 17.3 Å². The van der Waals surface area contributed by atoms with Gasteiger partial charge in [0, 0.05) is 6.20 Å². The fourth-order valence-corrected chi connectivity index (χ4v) is 1.20. The highest BCUT2D eigenvalue weighted by Crippen LogP contribution is 2.17. The quantitative estimate of drug-likeness (QED) is 0.596. The summed E-state index contributed by atoms with van der Waals surface area (Å²) in [6.07, 6.45) is 0.294. The molecule has 0 fully saturated rings. The van der Waals surface area contributed by atoms with Crippen LogP contribution in [-0.4, -0.2) is 17.2 Å². The largest absolute Gasteiger partial charge is 0.299 e. The first kappa shape index (κ1) is 8.22. The van der Waals surface area contributed by atoms with Crippen molar-refractivity contribution < 1.29 is 8.78 Å². The molecule has 0 aliphatic heterocycles. The predicted molar refractivity (Wildman–Crippen MR) is 45.5 cm³/mol. The van der Waals surface area contributed by atoms with E-state index in [1.54, 1.807) is 12.1 Å². The van der Waals surface area contributed by atoms with E-state index >= 15 is 0 Å². The van der Waals surface area contributed by atoms with Crippen molar-refractivity contribution in [2.24, 2.45) is 0 Å². The zero-order valence-electron chi connectivity index (χ0n) is 6.61. The summed E-state index contributed by atoms with van der Waals surface area (Å²) in [7, 11) is 5.48. The minimum Gasteiger partial charge on any atom is -0.299 e. The number of pyridine rings is 1. The third kappa shape index (κ3) is 1.30. The summed E-state index contributed by atoms with van der Waals surface area (Å²) in [4.78, 5) is 3.59. The molecule has 0 atom stereocenters. The minimum atomic E-state index is -2.56. The molecule has 0 amide bonds. The van der Waals surface area contributed by atoms with Crippen LogP contribution >= 0.6 is 0 Å². The zero-order chi connectivity index (χ0) is 9.42. The van der Waals surface area contributed by atoms with E-state index in [1.807, 2.05) is 0 Å². The van der Waals surface area contributed by atoms with Crippen molar-refractivity contribution in [1.29, 1.82) is 0 Å². The molecule has 2 radical (unpaired) electrons. The molecule has 0 aliphatic rings. The Morgan fingerprint density at radius 1 is 1.46 bits per heavy atom. The number of imidazole rings is 1. The number of fused-ring (bicyclic) bond motifs is 1. The highest BCUT2D eigenvalue weighted by Gasteiger charge is 2.13. The Morgan fingerprint density at radius 2 is 2.23 bits per heavy atom. The number of hydrogen-bond donors (Lipinski definition) is 0. The van der Waals surface area contributed by atoms with E-state index in [9.17, 15) is 8.78 Å². The molecule has 13 heavy (non-hydrogen) atoms. The lowest BCUT2D eigenvalue weighted by Crippen LogP contribution is -2.03. The van der Waals surface area contributed by atoms with Crippen LogP contribution < -0.4 is 5.46 Å². The van der Waals surface area contributed by atoms with Crippen molar-refractivity contribution in [3.8, 4) is 0 Å². The molecule has 0 spiro atoms. The van der Waals surface area contributed by atoms with Gasteiger partial charge in [-0.05, 0) is 6.07 Å². The van der Waals surface area contributed by atoms with E-state index in [-0.39, 0.29) is 5.82 Å². The highest BCUT2D eigenvalue weighted by molar-refractivity contribution is 6.32. The number of alkyl halides is 2. The number of halogens is 2. The molecule has 0 saturated carbocycles. The number of hydrogen-bond acceptors (Lipinski definition) is 1. The second-order valence-corrected chi connectivity index (χ2v) is 2.67. The summed E-state index contributed by atoms with van der Waals surface area (Å²) in [5.41, 5.74) is 1.11. The van der Waals surface area contributed by atoms with Gasteiger partial charge >= 0.3 is 0 Å². The van der Waals surface area contributed by atoms with Crippen LogP contribution in [0.5, 0.6) is 0 Å². The van der Waals surface area contributed by atoms with Crippen molar-refractivity contribution >= 4 is 18.8 Å². The second kappa shape index (κ2) is 2.83. The van der Waals surface area contributed by atoms with E-state index in [4.69, 9.17) is 7.85 Å². The van der Waals surface area contributed by atoms with Gasteiger partial charge in [-0.15, -0.1) is 0 Å². The van der Waals surface area contributed by atoms with Crippen LogP contribution in [-0.2, 0) is 0 Å². The monoisotopic (exact) mass is 178 g/mol. The third-order valence-electron chi connectivity index (χ3n) is 1.78.